The fourth-order valence-corrected chi connectivity index (χ4v) is 3.75. The molecule has 2 aromatic rings. The van der Waals surface area contributed by atoms with E-state index in [0.717, 1.165) is 4.31 Å². The zero-order valence-electron chi connectivity index (χ0n) is 13.5. The summed E-state index contributed by atoms with van der Waals surface area (Å²) in [6.07, 6.45) is 0. The molecule has 7 heteroatoms. The maximum Gasteiger partial charge on any atom is 0.324 e. The topological polar surface area (TPSA) is 83.9 Å². The van der Waals surface area contributed by atoms with Crippen LogP contribution < -0.4 is 9.04 Å². The number of ether oxygens (including phenoxy) is 1. The molecule has 0 amide bonds. The Morgan fingerprint density at radius 1 is 1.12 bits per heavy atom. The fraction of sp³-hybridized carbons (Fsp3) is 0.235. The number of para-hydroxylation sites is 1. The quantitative estimate of drug-likeness (QED) is 0.831. The van der Waals surface area contributed by atoms with Crippen molar-refractivity contribution in [3.05, 3.63) is 54.1 Å². The number of hydrogen-bond acceptors (Lipinski definition) is 4. The van der Waals surface area contributed by atoms with E-state index in [2.05, 4.69) is 0 Å². The number of carboxylic acid groups (broad SMARTS) is 1. The number of nitrogens with zero attached hydrogens (tertiary/aromatic N) is 1. The first-order chi connectivity index (χ1) is 11.4. The van der Waals surface area contributed by atoms with E-state index < -0.39 is 22.5 Å². The third-order valence-electron chi connectivity index (χ3n) is 3.39. The molecule has 6 nitrogen and oxygen atoms in total. The summed E-state index contributed by atoms with van der Waals surface area (Å²) in [7, 11) is -4.01. The Balaban J connectivity index is 2.47. The van der Waals surface area contributed by atoms with Gasteiger partial charge in [0.15, 0.2) is 0 Å². The van der Waals surface area contributed by atoms with Gasteiger partial charge in [-0.3, -0.25) is 9.10 Å². The molecule has 128 valence electrons. The second kappa shape index (κ2) is 7.35. The van der Waals surface area contributed by atoms with Crippen LogP contribution in [0.1, 0.15) is 12.5 Å². The van der Waals surface area contributed by atoms with E-state index in [1.807, 2.05) is 6.92 Å². The Labute approximate surface area is 141 Å². The van der Waals surface area contributed by atoms with Crippen LogP contribution >= 0.6 is 0 Å². The number of anilines is 1. The fourth-order valence-electron chi connectivity index (χ4n) is 2.27. The Hall–Kier alpha value is -2.54. The lowest BCUT2D eigenvalue weighted by Crippen LogP contribution is -2.36. The first-order valence-corrected chi connectivity index (χ1v) is 8.83. The van der Waals surface area contributed by atoms with Crippen LogP contribution in [0.25, 0.3) is 0 Å². The number of benzene rings is 2. The second-order valence-corrected chi connectivity index (χ2v) is 6.96. The van der Waals surface area contributed by atoms with Gasteiger partial charge in [0.1, 0.15) is 12.3 Å². The van der Waals surface area contributed by atoms with Crippen LogP contribution in [0.5, 0.6) is 5.75 Å². The van der Waals surface area contributed by atoms with Gasteiger partial charge in [-0.15, -0.1) is 0 Å². The largest absolute Gasteiger partial charge is 0.494 e. The predicted octanol–water partition coefficient (Wildman–Crippen LogP) is 2.67. The van der Waals surface area contributed by atoms with Gasteiger partial charge in [-0.25, -0.2) is 8.42 Å². The highest BCUT2D eigenvalue weighted by Crippen LogP contribution is 2.27. The maximum atomic E-state index is 12.9. The molecule has 0 atom stereocenters. The highest BCUT2D eigenvalue weighted by Gasteiger charge is 2.28. The summed E-state index contributed by atoms with van der Waals surface area (Å²) in [6, 6.07) is 12.7. The van der Waals surface area contributed by atoms with Crippen LogP contribution in [0, 0.1) is 6.92 Å². The highest BCUT2D eigenvalue weighted by atomic mass is 32.2. The predicted molar refractivity (Wildman–Crippen MR) is 91.0 cm³/mol. The summed E-state index contributed by atoms with van der Waals surface area (Å²) in [5.74, 6) is -0.676. The molecule has 0 heterocycles. The van der Waals surface area contributed by atoms with Crippen LogP contribution in [0.15, 0.2) is 53.4 Å². The summed E-state index contributed by atoms with van der Waals surface area (Å²) in [5, 5.41) is 9.13. The van der Waals surface area contributed by atoms with E-state index in [1.165, 1.54) is 12.1 Å². The SMILES string of the molecule is CCOc1ccc(S(=O)(=O)N(CC(=O)O)c2ccccc2C)cc1. The zero-order chi connectivity index (χ0) is 17.7. The smallest absolute Gasteiger partial charge is 0.324 e. The molecule has 0 saturated carbocycles. The van der Waals surface area contributed by atoms with Gasteiger partial charge in [0, 0.05) is 0 Å². The molecule has 0 spiro atoms. The molecule has 1 N–H and O–H groups in total. The van der Waals surface area contributed by atoms with Crippen molar-refractivity contribution >= 4 is 21.7 Å². The standard InChI is InChI=1S/C17H19NO5S/c1-3-23-14-8-10-15(11-9-14)24(21,22)18(12-17(19)20)16-7-5-4-6-13(16)2/h4-11H,3,12H2,1-2H3,(H,19,20). The number of sulfonamides is 1. The minimum atomic E-state index is -4.01. The van der Waals surface area contributed by atoms with Crippen LogP contribution in [-0.4, -0.2) is 32.6 Å². The van der Waals surface area contributed by atoms with Crippen LogP contribution in [0.3, 0.4) is 0 Å². The lowest BCUT2D eigenvalue weighted by atomic mass is 10.2. The van der Waals surface area contributed by atoms with Gasteiger partial charge in [0.2, 0.25) is 0 Å². The number of carbonyl (C=O) groups is 1. The molecule has 0 aliphatic rings. The summed E-state index contributed by atoms with van der Waals surface area (Å²) < 4.78 is 32.0. The minimum absolute atomic E-state index is 0.00968. The Kier molecular flexibility index (Phi) is 5.46. The van der Waals surface area contributed by atoms with Gasteiger partial charge in [-0.1, -0.05) is 18.2 Å². The van der Waals surface area contributed by atoms with Crippen LogP contribution in [0.2, 0.25) is 0 Å². The molecule has 2 rings (SSSR count). The van der Waals surface area contributed by atoms with Gasteiger partial charge in [-0.2, -0.15) is 0 Å². The van der Waals surface area contributed by atoms with Crippen LogP contribution in [-0.2, 0) is 14.8 Å². The normalized spacial score (nSPS) is 11.1. The first-order valence-electron chi connectivity index (χ1n) is 7.39. The van der Waals surface area contributed by atoms with E-state index in [9.17, 15) is 13.2 Å². The van der Waals surface area contributed by atoms with E-state index in [1.54, 1.807) is 43.3 Å². The zero-order valence-corrected chi connectivity index (χ0v) is 14.3. The Bertz CT molecular complexity index is 815. The highest BCUT2D eigenvalue weighted by molar-refractivity contribution is 7.92. The number of hydrogen-bond donors (Lipinski definition) is 1. The molecule has 0 radical (unpaired) electrons. The van der Waals surface area contributed by atoms with E-state index >= 15 is 0 Å². The average Bonchev–Trinajstić information content (AvgIpc) is 2.54. The Morgan fingerprint density at radius 3 is 2.29 bits per heavy atom. The average molecular weight is 349 g/mol. The number of aryl methyl sites for hydroxylation is 1. The molecule has 0 bridgehead atoms. The van der Waals surface area contributed by atoms with Gasteiger partial charge in [-0.05, 0) is 49.7 Å². The molecule has 0 saturated heterocycles. The monoisotopic (exact) mass is 349 g/mol. The van der Waals surface area contributed by atoms with Crippen molar-refractivity contribution < 1.29 is 23.1 Å². The summed E-state index contributed by atoms with van der Waals surface area (Å²) in [6.45, 7) is 3.39. The maximum absolute atomic E-state index is 12.9. The van der Waals surface area contributed by atoms with Crippen LogP contribution in [0.4, 0.5) is 5.69 Å². The third kappa shape index (κ3) is 3.86. The molecule has 0 fully saturated rings. The van der Waals surface area contributed by atoms with Crippen molar-refractivity contribution in [2.75, 3.05) is 17.5 Å². The summed E-state index contributed by atoms with van der Waals surface area (Å²) in [5.41, 5.74) is 1.02. The van der Waals surface area contributed by atoms with Gasteiger partial charge < -0.3 is 9.84 Å². The molecule has 24 heavy (non-hydrogen) atoms. The lowest BCUT2D eigenvalue weighted by molar-refractivity contribution is -0.135. The molecule has 0 aliphatic carbocycles. The van der Waals surface area contributed by atoms with E-state index in [4.69, 9.17) is 9.84 Å². The summed E-state index contributed by atoms with van der Waals surface area (Å²) >= 11 is 0. The van der Waals surface area contributed by atoms with Crippen molar-refractivity contribution in [1.82, 2.24) is 0 Å². The van der Waals surface area contributed by atoms with E-state index in [0.29, 0.717) is 23.6 Å². The van der Waals surface area contributed by atoms with Crippen molar-refractivity contribution in [3.63, 3.8) is 0 Å². The van der Waals surface area contributed by atoms with Gasteiger partial charge in [0.05, 0.1) is 17.2 Å². The number of carboxylic acids is 1. The summed E-state index contributed by atoms with van der Waals surface area (Å²) in [4.78, 5) is 11.2. The van der Waals surface area contributed by atoms with Crippen molar-refractivity contribution in [2.24, 2.45) is 0 Å². The minimum Gasteiger partial charge on any atom is -0.494 e. The number of aliphatic carboxylic acids is 1. The van der Waals surface area contributed by atoms with Gasteiger partial charge in [0.25, 0.3) is 10.0 Å². The van der Waals surface area contributed by atoms with Gasteiger partial charge >= 0.3 is 5.97 Å². The van der Waals surface area contributed by atoms with Crippen molar-refractivity contribution in [3.8, 4) is 5.75 Å². The molecule has 2 aromatic carbocycles. The first kappa shape index (κ1) is 17.8. The lowest BCUT2D eigenvalue weighted by Gasteiger charge is -2.24. The Morgan fingerprint density at radius 2 is 1.75 bits per heavy atom. The third-order valence-corrected chi connectivity index (χ3v) is 5.16. The molecule has 0 unspecified atom stereocenters. The number of rotatable bonds is 7. The van der Waals surface area contributed by atoms with Crippen molar-refractivity contribution in [2.45, 2.75) is 18.7 Å². The second-order valence-electron chi connectivity index (χ2n) is 5.10. The molecular formula is C17H19NO5S. The van der Waals surface area contributed by atoms with Crippen molar-refractivity contribution in [1.29, 1.82) is 0 Å². The molecule has 0 aliphatic heterocycles. The van der Waals surface area contributed by atoms with E-state index in [-0.39, 0.29) is 4.90 Å². The molecular weight excluding hydrogens is 330 g/mol. The molecule has 0 aromatic heterocycles.